The van der Waals surface area contributed by atoms with Gasteiger partial charge in [0.1, 0.15) is 0 Å². The third kappa shape index (κ3) is 2.38. The van der Waals surface area contributed by atoms with E-state index in [2.05, 4.69) is 4.98 Å². The van der Waals surface area contributed by atoms with Crippen LogP contribution < -0.4 is 4.74 Å². The van der Waals surface area contributed by atoms with Crippen molar-refractivity contribution < 1.29 is 4.74 Å². The van der Waals surface area contributed by atoms with E-state index in [1.807, 2.05) is 26.0 Å². The van der Waals surface area contributed by atoms with E-state index in [0.717, 1.165) is 11.3 Å². The van der Waals surface area contributed by atoms with Gasteiger partial charge in [-0.1, -0.05) is 0 Å². The van der Waals surface area contributed by atoms with Crippen molar-refractivity contribution in [2.75, 3.05) is 6.61 Å². The molecule has 1 rings (SSSR count). The lowest BCUT2D eigenvalue weighted by molar-refractivity contribution is 0.326. The van der Waals surface area contributed by atoms with E-state index in [9.17, 15) is 0 Å². The minimum absolute atomic E-state index is 0.503. The SMILES string of the molecule is CCOc1cc(CCl)cc(C)n1. The molecule has 0 N–H and O–H groups in total. The van der Waals surface area contributed by atoms with Crippen LogP contribution in [-0.4, -0.2) is 11.6 Å². The van der Waals surface area contributed by atoms with Crippen LogP contribution in [0.3, 0.4) is 0 Å². The van der Waals surface area contributed by atoms with Crippen molar-refractivity contribution in [1.82, 2.24) is 4.98 Å². The molecule has 0 aliphatic carbocycles. The molecule has 66 valence electrons. The number of alkyl halides is 1. The molecule has 1 aromatic rings. The van der Waals surface area contributed by atoms with Gasteiger partial charge in [0.05, 0.1) is 6.61 Å². The van der Waals surface area contributed by atoms with E-state index < -0.39 is 0 Å². The summed E-state index contributed by atoms with van der Waals surface area (Å²) in [7, 11) is 0. The molecular weight excluding hydrogens is 174 g/mol. The Morgan fingerprint density at radius 1 is 1.50 bits per heavy atom. The fourth-order valence-corrected chi connectivity index (χ4v) is 1.16. The van der Waals surface area contributed by atoms with Crippen LogP contribution in [0.2, 0.25) is 0 Å². The molecule has 12 heavy (non-hydrogen) atoms. The van der Waals surface area contributed by atoms with Crippen LogP contribution in [0.4, 0.5) is 0 Å². The van der Waals surface area contributed by atoms with Crippen molar-refractivity contribution in [1.29, 1.82) is 0 Å². The van der Waals surface area contributed by atoms with E-state index >= 15 is 0 Å². The van der Waals surface area contributed by atoms with Gasteiger partial charge in [-0.3, -0.25) is 0 Å². The zero-order chi connectivity index (χ0) is 8.97. The van der Waals surface area contributed by atoms with Crippen molar-refractivity contribution in [3.05, 3.63) is 23.4 Å². The first kappa shape index (κ1) is 9.33. The number of hydrogen-bond donors (Lipinski definition) is 0. The maximum Gasteiger partial charge on any atom is 0.213 e. The van der Waals surface area contributed by atoms with Crippen LogP contribution in [0, 0.1) is 6.92 Å². The molecular formula is C9H12ClNO. The highest BCUT2D eigenvalue weighted by molar-refractivity contribution is 6.17. The summed E-state index contributed by atoms with van der Waals surface area (Å²) in [6, 6.07) is 3.82. The van der Waals surface area contributed by atoms with Gasteiger partial charge in [0, 0.05) is 17.6 Å². The predicted molar refractivity (Wildman–Crippen MR) is 49.7 cm³/mol. The molecule has 0 aliphatic heterocycles. The van der Waals surface area contributed by atoms with Crippen molar-refractivity contribution in [2.45, 2.75) is 19.7 Å². The average molecular weight is 186 g/mol. The molecule has 0 aliphatic rings. The average Bonchev–Trinajstić information content (AvgIpc) is 2.04. The summed E-state index contributed by atoms with van der Waals surface area (Å²) in [6.07, 6.45) is 0. The summed E-state index contributed by atoms with van der Waals surface area (Å²) in [5.74, 6) is 1.16. The zero-order valence-corrected chi connectivity index (χ0v) is 8.06. The van der Waals surface area contributed by atoms with Crippen molar-refractivity contribution in [3.8, 4) is 5.88 Å². The molecule has 0 saturated heterocycles. The molecule has 2 nitrogen and oxygen atoms in total. The van der Waals surface area contributed by atoms with E-state index in [1.54, 1.807) is 0 Å². The molecule has 0 spiro atoms. The summed E-state index contributed by atoms with van der Waals surface area (Å²) < 4.78 is 5.26. The number of rotatable bonds is 3. The molecule has 3 heteroatoms. The first-order valence-corrected chi connectivity index (χ1v) is 4.46. The van der Waals surface area contributed by atoms with Crippen LogP contribution in [0.25, 0.3) is 0 Å². The third-order valence-electron chi connectivity index (χ3n) is 1.44. The zero-order valence-electron chi connectivity index (χ0n) is 7.30. The highest BCUT2D eigenvalue weighted by Gasteiger charge is 1.98. The topological polar surface area (TPSA) is 22.1 Å². The lowest BCUT2D eigenvalue weighted by Crippen LogP contribution is -1.96. The minimum Gasteiger partial charge on any atom is -0.478 e. The number of aromatic nitrogens is 1. The lowest BCUT2D eigenvalue weighted by Gasteiger charge is -2.04. The number of aryl methyl sites for hydroxylation is 1. The minimum atomic E-state index is 0.503. The fourth-order valence-electron chi connectivity index (χ4n) is 1.01. The molecule has 0 fully saturated rings. The van der Waals surface area contributed by atoms with Crippen LogP contribution in [0.15, 0.2) is 12.1 Å². The van der Waals surface area contributed by atoms with Gasteiger partial charge in [-0.05, 0) is 25.5 Å². The Morgan fingerprint density at radius 3 is 2.83 bits per heavy atom. The Balaban J connectivity index is 2.90. The summed E-state index contributed by atoms with van der Waals surface area (Å²) in [5, 5.41) is 0. The van der Waals surface area contributed by atoms with Gasteiger partial charge in [0.25, 0.3) is 0 Å². The second kappa shape index (κ2) is 4.31. The quantitative estimate of drug-likeness (QED) is 0.676. The molecule has 0 aromatic carbocycles. The van der Waals surface area contributed by atoms with Gasteiger partial charge in [0.2, 0.25) is 5.88 Å². The molecule has 0 atom stereocenters. The largest absolute Gasteiger partial charge is 0.478 e. The van der Waals surface area contributed by atoms with Gasteiger partial charge in [-0.25, -0.2) is 4.98 Å². The summed E-state index contributed by atoms with van der Waals surface area (Å²) in [4.78, 5) is 4.19. The van der Waals surface area contributed by atoms with Gasteiger partial charge in [0.15, 0.2) is 0 Å². The molecule has 0 radical (unpaired) electrons. The maximum atomic E-state index is 5.69. The van der Waals surface area contributed by atoms with Crippen molar-refractivity contribution >= 4 is 11.6 Å². The smallest absolute Gasteiger partial charge is 0.213 e. The first-order valence-electron chi connectivity index (χ1n) is 3.92. The first-order chi connectivity index (χ1) is 5.76. The van der Waals surface area contributed by atoms with Gasteiger partial charge in [-0.2, -0.15) is 0 Å². The highest BCUT2D eigenvalue weighted by Crippen LogP contribution is 2.13. The number of halogens is 1. The Labute approximate surface area is 77.5 Å². The fraction of sp³-hybridized carbons (Fsp3) is 0.444. The summed E-state index contributed by atoms with van der Waals surface area (Å²) in [5.41, 5.74) is 1.99. The molecule has 0 bridgehead atoms. The standard InChI is InChI=1S/C9H12ClNO/c1-3-12-9-5-8(6-10)4-7(2)11-9/h4-5H,3,6H2,1-2H3. The van der Waals surface area contributed by atoms with Gasteiger partial charge >= 0.3 is 0 Å². The third-order valence-corrected chi connectivity index (χ3v) is 1.74. The Bertz CT molecular complexity index is 263. The molecule has 0 saturated carbocycles. The molecule has 1 aromatic heterocycles. The van der Waals surface area contributed by atoms with Crippen LogP contribution in [0.1, 0.15) is 18.2 Å². The number of hydrogen-bond acceptors (Lipinski definition) is 2. The number of nitrogens with zero attached hydrogens (tertiary/aromatic N) is 1. The Kier molecular flexibility index (Phi) is 3.35. The number of pyridine rings is 1. The maximum absolute atomic E-state index is 5.69. The van der Waals surface area contributed by atoms with E-state index in [0.29, 0.717) is 18.4 Å². The molecule has 0 amide bonds. The second-order valence-electron chi connectivity index (χ2n) is 2.52. The summed E-state index contributed by atoms with van der Waals surface area (Å²) >= 11 is 5.69. The van der Waals surface area contributed by atoms with E-state index in [4.69, 9.17) is 16.3 Å². The van der Waals surface area contributed by atoms with E-state index in [1.165, 1.54) is 0 Å². The predicted octanol–water partition coefficient (Wildman–Crippen LogP) is 2.53. The summed E-state index contributed by atoms with van der Waals surface area (Å²) in [6.45, 7) is 4.50. The molecule has 1 heterocycles. The van der Waals surface area contributed by atoms with Crippen molar-refractivity contribution in [2.24, 2.45) is 0 Å². The van der Waals surface area contributed by atoms with Gasteiger partial charge in [-0.15, -0.1) is 11.6 Å². The van der Waals surface area contributed by atoms with E-state index in [-0.39, 0.29) is 0 Å². The molecule has 0 unspecified atom stereocenters. The number of ether oxygens (including phenoxy) is 1. The van der Waals surface area contributed by atoms with Crippen LogP contribution >= 0.6 is 11.6 Å². The van der Waals surface area contributed by atoms with Crippen molar-refractivity contribution in [3.63, 3.8) is 0 Å². The second-order valence-corrected chi connectivity index (χ2v) is 2.79. The Morgan fingerprint density at radius 2 is 2.25 bits per heavy atom. The normalized spacial score (nSPS) is 9.92. The highest BCUT2D eigenvalue weighted by atomic mass is 35.5. The van der Waals surface area contributed by atoms with Crippen LogP contribution in [0.5, 0.6) is 5.88 Å². The Hall–Kier alpha value is -0.760. The lowest BCUT2D eigenvalue weighted by atomic mass is 10.2. The monoisotopic (exact) mass is 185 g/mol. The van der Waals surface area contributed by atoms with Gasteiger partial charge < -0.3 is 4.74 Å². The van der Waals surface area contributed by atoms with Crippen LogP contribution in [-0.2, 0) is 5.88 Å².